The second kappa shape index (κ2) is 6.94. The van der Waals surface area contributed by atoms with Gasteiger partial charge < -0.3 is 14.7 Å². The number of hydrogen-bond donors (Lipinski definition) is 2. The molecule has 0 spiro atoms. The van der Waals surface area contributed by atoms with Crippen LogP contribution in [0.4, 0.5) is 0 Å². The molecule has 0 bridgehead atoms. The van der Waals surface area contributed by atoms with Gasteiger partial charge in [-0.3, -0.25) is 10.6 Å². The predicted octanol–water partition coefficient (Wildman–Crippen LogP) is 0.555. The molecule has 0 radical (unpaired) electrons. The van der Waals surface area contributed by atoms with Crippen molar-refractivity contribution in [2.24, 2.45) is 5.84 Å². The first-order chi connectivity index (χ1) is 12.8. The van der Waals surface area contributed by atoms with E-state index in [-0.39, 0.29) is 6.61 Å². The lowest BCUT2D eigenvalue weighted by atomic mass is 9.88. The molecule has 2 saturated heterocycles. The maximum Gasteiger partial charge on any atom is 0.341 e. The smallest absolute Gasteiger partial charge is 0.341 e. The summed E-state index contributed by atoms with van der Waals surface area (Å²) in [5, 5.41) is 10.9. The number of carbonyl (C=O) groups is 3. The summed E-state index contributed by atoms with van der Waals surface area (Å²) >= 11 is 0. The highest BCUT2D eigenvalue weighted by Gasteiger charge is 2.78. The van der Waals surface area contributed by atoms with Gasteiger partial charge in [-0.2, -0.15) is 0 Å². The number of nitrogens with zero attached hydrogens (tertiary/aromatic N) is 2. The van der Waals surface area contributed by atoms with Crippen molar-refractivity contribution in [2.75, 3.05) is 13.2 Å². The Bertz CT molecular complexity index is 745. The van der Waals surface area contributed by atoms with Crippen molar-refractivity contribution in [3.63, 3.8) is 0 Å². The number of aliphatic carboxylic acids is 1. The molecule has 3 atom stereocenters. The highest BCUT2D eigenvalue weighted by Crippen LogP contribution is 2.48. The average Bonchev–Trinajstić information content (AvgIpc) is 3.05. The van der Waals surface area contributed by atoms with E-state index in [9.17, 15) is 19.5 Å². The van der Waals surface area contributed by atoms with Crippen LogP contribution < -0.4 is 5.84 Å². The van der Waals surface area contributed by atoms with Crippen molar-refractivity contribution in [3.8, 4) is 0 Å². The summed E-state index contributed by atoms with van der Waals surface area (Å²) in [4.78, 5) is 38.0. The van der Waals surface area contributed by atoms with Crippen molar-refractivity contribution in [1.82, 2.24) is 9.91 Å². The molecule has 146 valence electrons. The Balaban J connectivity index is 1.87. The Morgan fingerprint density at radius 3 is 2.63 bits per heavy atom. The van der Waals surface area contributed by atoms with Crippen LogP contribution in [0.15, 0.2) is 30.3 Å². The maximum atomic E-state index is 12.8. The van der Waals surface area contributed by atoms with Crippen molar-refractivity contribution in [3.05, 3.63) is 35.9 Å². The second-order valence-electron chi connectivity index (χ2n) is 7.22. The molecule has 8 nitrogen and oxygen atoms in total. The molecule has 3 rings (SSSR count). The van der Waals surface area contributed by atoms with E-state index in [0.29, 0.717) is 25.8 Å². The predicted molar refractivity (Wildman–Crippen MR) is 96.3 cm³/mol. The van der Waals surface area contributed by atoms with Gasteiger partial charge in [0, 0.05) is 6.54 Å². The minimum Gasteiger partial charge on any atom is -0.479 e. The molecule has 8 heteroatoms. The van der Waals surface area contributed by atoms with Crippen molar-refractivity contribution < 1.29 is 24.2 Å². The van der Waals surface area contributed by atoms with Crippen LogP contribution in [-0.4, -0.2) is 63.1 Å². The van der Waals surface area contributed by atoms with Crippen LogP contribution in [0.25, 0.3) is 0 Å². The number of benzene rings is 1. The average molecular weight is 375 g/mol. The largest absolute Gasteiger partial charge is 0.479 e. The summed E-state index contributed by atoms with van der Waals surface area (Å²) < 4.78 is 5.24. The normalized spacial score (nSPS) is 25.9. The summed E-state index contributed by atoms with van der Waals surface area (Å²) in [6, 6.07) is 8.85. The number of rotatable bonds is 8. The van der Waals surface area contributed by atoms with Gasteiger partial charge in [0.1, 0.15) is 5.54 Å². The minimum absolute atomic E-state index is 0.188. The number of ether oxygens (including phenoxy) is 1. The molecular formula is C19H25N3O5. The van der Waals surface area contributed by atoms with Crippen LogP contribution >= 0.6 is 0 Å². The molecule has 0 aliphatic carbocycles. The lowest BCUT2D eigenvalue weighted by Crippen LogP contribution is -2.65. The molecule has 2 heterocycles. The zero-order chi connectivity index (χ0) is 19.8. The van der Waals surface area contributed by atoms with Crippen LogP contribution in [0.5, 0.6) is 0 Å². The maximum absolute atomic E-state index is 12.8. The topological polar surface area (TPSA) is 113 Å². The number of hydrogen-bond acceptors (Lipinski definition) is 6. The van der Waals surface area contributed by atoms with Crippen LogP contribution in [0, 0.1) is 0 Å². The van der Waals surface area contributed by atoms with Crippen LogP contribution in [0.3, 0.4) is 0 Å². The second-order valence-corrected chi connectivity index (χ2v) is 7.22. The molecule has 0 aromatic heterocycles. The van der Waals surface area contributed by atoms with Crippen molar-refractivity contribution in [2.45, 2.75) is 50.2 Å². The third-order valence-corrected chi connectivity index (χ3v) is 5.75. The summed E-state index contributed by atoms with van der Waals surface area (Å²) in [5.74, 6) is 4.16. The molecule has 1 aromatic carbocycles. The number of carbonyl (C=O) groups excluding carboxylic acids is 2. The molecule has 3 unspecified atom stereocenters. The number of nitrogens with two attached hydrogens (primary N) is 1. The number of hydrazine groups is 1. The number of aryl methyl sites for hydroxylation is 1. The van der Waals surface area contributed by atoms with Crippen LogP contribution in [0.1, 0.15) is 32.3 Å². The first-order valence-electron chi connectivity index (χ1n) is 9.10. The van der Waals surface area contributed by atoms with E-state index in [1.165, 1.54) is 9.91 Å². The fourth-order valence-corrected chi connectivity index (χ4v) is 4.03. The third kappa shape index (κ3) is 2.89. The summed E-state index contributed by atoms with van der Waals surface area (Å²) in [6.07, 6.45) is 1.30. The van der Waals surface area contributed by atoms with Crippen molar-refractivity contribution >= 4 is 17.8 Å². The molecule has 1 aromatic rings. The van der Waals surface area contributed by atoms with Gasteiger partial charge in [-0.15, -0.1) is 0 Å². The number of piperidine rings is 1. The van der Waals surface area contributed by atoms with Gasteiger partial charge in [0.2, 0.25) is 5.54 Å². The Morgan fingerprint density at radius 2 is 2.07 bits per heavy atom. The number of fused-ring (bicyclic) bond motifs is 1. The van der Waals surface area contributed by atoms with Gasteiger partial charge in [-0.1, -0.05) is 30.3 Å². The molecule has 2 aliphatic rings. The first kappa shape index (κ1) is 19.3. The summed E-state index contributed by atoms with van der Waals surface area (Å²) in [5.41, 5.74) is -1.86. The number of carboxylic acids is 1. The SMILES string of the molecule is CCOC(=O)C(C)(CCc1ccccc1)N(N)C1CCN2C(=O)C12C(=O)O. The minimum atomic E-state index is -1.64. The number of esters is 1. The zero-order valence-corrected chi connectivity index (χ0v) is 15.6. The van der Waals surface area contributed by atoms with E-state index in [2.05, 4.69) is 0 Å². The third-order valence-electron chi connectivity index (χ3n) is 5.75. The van der Waals surface area contributed by atoms with Gasteiger partial charge in [0.15, 0.2) is 0 Å². The van der Waals surface area contributed by atoms with E-state index in [1.807, 2.05) is 30.3 Å². The Hall–Kier alpha value is -2.45. The standard InChI is InChI=1S/C19H25N3O5/c1-3-27-17(26)18(2,11-9-13-7-5-4-6-8-13)22(20)14-10-12-21-15(23)19(14,21)16(24)25/h4-8,14H,3,9-12,20H2,1-2H3,(H,24,25). The number of carboxylic acid groups (broad SMARTS) is 1. The van der Waals surface area contributed by atoms with E-state index in [1.54, 1.807) is 13.8 Å². The van der Waals surface area contributed by atoms with Gasteiger partial charge >= 0.3 is 11.9 Å². The number of amides is 1. The Labute approximate surface area is 157 Å². The molecule has 27 heavy (non-hydrogen) atoms. The van der Waals surface area contributed by atoms with Crippen molar-refractivity contribution in [1.29, 1.82) is 0 Å². The Kier molecular flexibility index (Phi) is 4.96. The van der Waals surface area contributed by atoms with E-state index < -0.39 is 35.0 Å². The highest BCUT2D eigenvalue weighted by atomic mass is 16.5. The first-order valence-corrected chi connectivity index (χ1v) is 9.10. The molecular weight excluding hydrogens is 350 g/mol. The summed E-state index contributed by atoms with van der Waals surface area (Å²) in [6.45, 7) is 3.87. The fourth-order valence-electron chi connectivity index (χ4n) is 4.03. The quantitative estimate of drug-likeness (QED) is 0.224. The zero-order valence-electron chi connectivity index (χ0n) is 15.6. The highest BCUT2D eigenvalue weighted by molar-refractivity contribution is 6.21. The molecule has 1 amide bonds. The van der Waals surface area contributed by atoms with E-state index in [0.717, 1.165) is 5.56 Å². The lowest BCUT2D eigenvalue weighted by Gasteiger charge is -2.40. The van der Waals surface area contributed by atoms with Crippen LogP contribution in [0.2, 0.25) is 0 Å². The lowest BCUT2D eigenvalue weighted by molar-refractivity contribution is -0.162. The van der Waals surface area contributed by atoms with Gasteiger partial charge in [-0.05, 0) is 38.7 Å². The molecule has 3 N–H and O–H groups in total. The van der Waals surface area contributed by atoms with Gasteiger partial charge in [0.25, 0.3) is 5.91 Å². The van der Waals surface area contributed by atoms with Gasteiger partial charge in [0.05, 0.1) is 12.6 Å². The Morgan fingerprint density at radius 1 is 1.41 bits per heavy atom. The van der Waals surface area contributed by atoms with Gasteiger partial charge in [-0.25, -0.2) is 14.6 Å². The van der Waals surface area contributed by atoms with E-state index >= 15 is 0 Å². The molecule has 0 saturated carbocycles. The molecule has 2 aliphatic heterocycles. The van der Waals surface area contributed by atoms with Crippen LogP contribution in [-0.2, 0) is 25.5 Å². The summed E-state index contributed by atoms with van der Waals surface area (Å²) in [7, 11) is 0. The monoisotopic (exact) mass is 375 g/mol. The van der Waals surface area contributed by atoms with E-state index in [4.69, 9.17) is 10.6 Å². The molecule has 2 fully saturated rings. The fraction of sp³-hybridized carbons (Fsp3) is 0.526.